The van der Waals surface area contributed by atoms with Gasteiger partial charge in [0, 0.05) is 24.1 Å². The second-order valence-electron chi connectivity index (χ2n) is 9.99. The minimum atomic E-state index is -0.257. The summed E-state index contributed by atoms with van der Waals surface area (Å²) in [5, 5.41) is 14.2. The van der Waals surface area contributed by atoms with Gasteiger partial charge in [-0.2, -0.15) is 0 Å². The molecule has 0 aromatic carbocycles. The molecule has 3 fully saturated rings. The fourth-order valence-electron chi connectivity index (χ4n) is 6.83. The van der Waals surface area contributed by atoms with Gasteiger partial charge in [-0.15, -0.1) is 0 Å². The molecule has 0 spiro atoms. The molecule has 3 rings (SSSR count). The normalized spacial score (nSPS) is 42.1. The Bertz CT molecular complexity index is 580. The summed E-state index contributed by atoms with van der Waals surface area (Å²) in [4.78, 5) is 18.9. The van der Waals surface area contributed by atoms with Crippen LogP contribution in [0.4, 0.5) is 0 Å². The van der Waals surface area contributed by atoms with Gasteiger partial charge >= 0.3 is 0 Å². The van der Waals surface area contributed by atoms with Crippen LogP contribution in [0.15, 0.2) is 5.16 Å². The molecule has 0 saturated heterocycles. The number of carbonyl (C=O) groups is 1. The minimum absolute atomic E-state index is 0.135. The van der Waals surface area contributed by atoms with E-state index in [0.717, 1.165) is 57.8 Å². The van der Waals surface area contributed by atoms with Crippen molar-refractivity contribution in [3.8, 4) is 0 Å². The Kier molecular flexibility index (Phi) is 6.86. The zero-order chi connectivity index (χ0) is 20.4. The van der Waals surface area contributed by atoms with E-state index in [-0.39, 0.29) is 22.9 Å². The molecule has 3 aliphatic rings. The van der Waals surface area contributed by atoms with Gasteiger partial charge < -0.3 is 15.7 Å². The molecule has 1 unspecified atom stereocenters. The zero-order valence-corrected chi connectivity index (χ0v) is 18.0. The van der Waals surface area contributed by atoms with Crippen molar-refractivity contribution in [2.45, 2.75) is 84.7 Å². The third-order valence-electron chi connectivity index (χ3n) is 8.68. The van der Waals surface area contributed by atoms with Crippen LogP contribution in [-0.2, 0) is 9.63 Å². The Labute approximate surface area is 170 Å². The first kappa shape index (κ1) is 21.8. The molecule has 3 N–H and O–H groups in total. The maximum atomic E-state index is 13.8. The van der Waals surface area contributed by atoms with Crippen LogP contribution in [0.2, 0.25) is 0 Å². The van der Waals surface area contributed by atoms with Crippen LogP contribution in [-0.4, -0.2) is 36.4 Å². The van der Waals surface area contributed by atoms with Crippen LogP contribution in [0.3, 0.4) is 0 Å². The number of hydrogen-bond acceptors (Lipinski definition) is 5. The molecule has 0 radical (unpaired) electrons. The van der Waals surface area contributed by atoms with E-state index < -0.39 is 0 Å². The highest BCUT2D eigenvalue weighted by atomic mass is 16.6. The Morgan fingerprint density at radius 3 is 2.79 bits per heavy atom. The van der Waals surface area contributed by atoms with Crippen molar-refractivity contribution in [1.82, 2.24) is 0 Å². The largest absolute Gasteiger partial charge is 0.395 e. The Morgan fingerprint density at radius 1 is 1.29 bits per heavy atom. The molecule has 160 valence electrons. The SMILES string of the molecule is CC[C@H](C/C=N/OCCN)[C@@]1(C)CC[C@H]2[C@@H](CCC3C[C@@H](O)CC[C@@]32C)C1=O. The average Bonchev–Trinajstić information content (AvgIpc) is 2.68. The van der Waals surface area contributed by atoms with Crippen molar-refractivity contribution in [2.75, 3.05) is 13.2 Å². The van der Waals surface area contributed by atoms with Crippen molar-refractivity contribution in [3.05, 3.63) is 0 Å². The summed E-state index contributed by atoms with van der Waals surface area (Å²) in [5.41, 5.74) is 5.40. The van der Waals surface area contributed by atoms with E-state index in [1.165, 1.54) is 0 Å². The summed E-state index contributed by atoms with van der Waals surface area (Å²) >= 11 is 0. The average molecular weight is 393 g/mol. The molecule has 3 saturated carbocycles. The predicted molar refractivity (Wildman–Crippen MR) is 112 cm³/mol. The van der Waals surface area contributed by atoms with Crippen molar-refractivity contribution in [1.29, 1.82) is 0 Å². The molecule has 5 nitrogen and oxygen atoms in total. The number of fused-ring (bicyclic) bond motifs is 3. The van der Waals surface area contributed by atoms with Crippen LogP contribution in [0, 0.1) is 34.5 Å². The summed E-state index contributed by atoms with van der Waals surface area (Å²) in [6, 6.07) is 0. The van der Waals surface area contributed by atoms with Crippen molar-refractivity contribution < 1.29 is 14.7 Å². The Balaban J connectivity index is 1.72. The van der Waals surface area contributed by atoms with E-state index in [1.807, 2.05) is 6.21 Å². The maximum absolute atomic E-state index is 13.8. The number of oxime groups is 1. The fraction of sp³-hybridized carbons (Fsp3) is 0.913. The van der Waals surface area contributed by atoms with Gasteiger partial charge in [0.15, 0.2) is 0 Å². The highest BCUT2D eigenvalue weighted by molar-refractivity contribution is 5.88. The van der Waals surface area contributed by atoms with Gasteiger partial charge in [-0.3, -0.25) is 4.79 Å². The lowest BCUT2D eigenvalue weighted by Crippen LogP contribution is -2.56. The number of Topliss-reactive ketones (excluding diaryl/α,β-unsaturated/α-hetero) is 1. The molecule has 0 amide bonds. The first-order valence-corrected chi connectivity index (χ1v) is 11.4. The Morgan fingerprint density at radius 2 is 2.07 bits per heavy atom. The van der Waals surface area contributed by atoms with Crippen LogP contribution < -0.4 is 5.73 Å². The molecule has 5 heteroatoms. The first-order valence-electron chi connectivity index (χ1n) is 11.4. The molecule has 0 heterocycles. The molecule has 28 heavy (non-hydrogen) atoms. The van der Waals surface area contributed by atoms with Gasteiger partial charge in [-0.05, 0) is 74.5 Å². The van der Waals surface area contributed by atoms with Gasteiger partial charge in [-0.25, -0.2) is 0 Å². The lowest BCUT2D eigenvalue weighted by molar-refractivity contribution is -0.157. The zero-order valence-electron chi connectivity index (χ0n) is 18.0. The fourth-order valence-corrected chi connectivity index (χ4v) is 6.83. The number of carbonyl (C=O) groups excluding carboxylic acids is 1. The molecule has 0 aromatic rings. The second kappa shape index (κ2) is 8.83. The minimum Gasteiger partial charge on any atom is -0.395 e. The smallest absolute Gasteiger partial charge is 0.142 e. The summed E-state index contributed by atoms with van der Waals surface area (Å²) in [6.07, 6.45) is 10.6. The van der Waals surface area contributed by atoms with Crippen molar-refractivity contribution in [2.24, 2.45) is 45.4 Å². The maximum Gasteiger partial charge on any atom is 0.142 e. The lowest BCUT2D eigenvalue weighted by Gasteiger charge is -2.58. The monoisotopic (exact) mass is 392 g/mol. The summed E-state index contributed by atoms with van der Waals surface area (Å²) in [5.74, 6) is 2.10. The molecular weight excluding hydrogens is 352 g/mol. The van der Waals surface area contributed by atoms with Gasteiger partial charge in [0.25, 0.3) is 0 Å². The van der Waals surface area contributed by atoms with Gasteiger partial charge in [0.1, 0.15) is 12.4 Å². The number of aliphatic hydroxyl groups is 1. The van der Waals surface area contributed by atoms with E-state index in [0.29, 0.717) is 36.7 Å². The van der Waals surface area contributed by atoms with E-state index in [9.17, 15) is 9.90 Å². The predicted octanol–water partition coefficient (Wildman–Crippen LogP) is 3.93. The molecule has 0 aromatic heterocycles. The number of nitrogens with zero attached hydrogens (tertiary/aromatic N) is 1. The molecular formula is C23H40N2O3. The molecule has 0 aliphatic heterocycles. The van der Waals surface area contributed by atoms with E-state index in [1.54, 1.807) is 0 Å². The number of hydrogen-bond donors (Lipinski definition) is 2. The van der Waals surface area contributed by atoms with Gasteiger partial charge in [-0.1, -0.05) is 32.3 Å². The first-order chi connectivity index (χ1) is 13.4. The second-order valence-corrected chi connectivity index (χ2v) is 9.99. The summed E-state index contributed by atoms with van der Waals surface area (Å²) < 4.78 is 0. The topological polar surface area (TPSA) is 84.9 Å². The number of nitrogens with two attached hydrogens (primary N) is 1. The summed E-state index contributed by atoms with van der Waals surface area (Å²) in [6.45, 7) is 7.69. The van der Waals surface area contributed by atoms with E-state index in [2.05, 4.69) is 25.9 Å². The summed E-state index contributed by atoms with van der Waals surface area (Å²) in [7, 11) is 0. The highest BCUT2D eigenvalue weighted by Crippen LogP contribution is 2.61. The van der Waals surface area contributed by atoms with Crippen LogP contribution in [0.1, 0.15) is 78.6 Å². The molecule has 0 bridgehead atoms. The third-order valence-corrected chi connectivity index (χ3v) is 8.68. The van der Waals surface area contributed by atoms with Crippen molar-refractivity contribution >= 4 is 12.0 Å². The molecule has 3 aliphatic carbocycles. The van der Waals surface area contributed by atoms with Gasteiger partial charge in [0.2, 0.25) is 0 Å². The van der Waals surface area contributed by atoms with E-state index >= 15 is 0 Å². The van der Waals surface area contributed by atoms with Gasteiger partial charge in [0.05, 0.1) is 6.10 Å². The number of aliphatic hydroxyl groups excluding tert-OH is 1. The van der Waals surface area contributed by atoms with Crippen LogP contribution in [0.5, 0.6) is 0 Å². The third kappa shape index (κ3) is 3.89. The quantitative estimate of drug-likeness (QED) is 0.391. The number of ketones is 1. The Hall–Kier alpha value is -0.940. The standard InChI is InChI=1S/C23H40N2O3/c1-4-16(9-13-25-28-14-12-24)23(3)11-8-20-19(21(23)27)6-5-17-15-18(26)7-10-22(17,20)2/h13,16-20,26H,4-12,14-15,24H2,1-3H3/b25-13+/t16-,17?,18+,19-,20+,22+,23-/m1/s1. The van der Waals surface area contributed by atoms with Crippen LogP contribution in [0.25, 0.3) is 0 Å². The number of rotatable bonds is 7. The van der Waals surface area contributed by atoms with Crippen LogP contribution >= 0.6 is 0 Å². The molecule has 7 atom stereocenters. The van der Waals surface area contributed by atoms with E-state index in [4.69, 9.17) is 10.6 Å². The lowest BCUT2D eigenvalue weighted by atomic mass is 9.46. The highest BCUT2D eigenvalue weighted by Gasteiger charge is 2.57. The van der Waals surface area contributed by atoms with Crippen molar-refractivity contribution in [3.63, 3.8) is 0 Å².